The summed E-state index contributed by atoms with van der Waals surface area (Å²) in [6.45, 7) is 2.45. The first-order chi connectivity index (χ1) is 9.36. The van der Waals surface area contributed by atoms with E-state index in [1.165, 1.54) is 18.4 Å². The molecule has 0 aliphatic carbocycles. The van der Waals surface area contributed by atoms with Gasteiger partial charge in [-0.15, -0.1) is 0 Å². The minimum Gasteiger partial charge on any atom is -0.486 e. The van der Waals surface area contributed by atoms with Gasteiger partial charge in [0.15, 0.2) is 11.5 Å². The summed E-state index contributed by atoms with van der Waals surface area (Å²) < 4.78 is 11.2. The summed E-state index contributed by atoms with van der Waals surface area (Å²) in [4.78, 5) is 0. The van der Waals surface area contributed by atoms with Crippen LogP contribution in [0.15, 0.2) is 18.2 Å². The third kappa shape index (κ3) is 2.85. The first-order valence-electron chi connectivity index (χ1n) is 7.17. The smallest absolute Gasteiger partial charge is 0.161 e. The van der Waals surface area contributed by atoms with Crippen LogP contribution in [-0.2, 0) is 0 Å². The van der Waals surface area contributed by atoms with E-state index in [1.807, 2.05) is 13.1 Å². The number of ether oxygens (including phenoxy) is 2. The van der Waals surface area contributed by atoms with E-state index in [-0.39, 0.29) is 0 Å². The Hall–Kier alpha value is -1.26. The molecule has 2 atom stereocenters. The molecule has 2 unspecified atom stereocenters. The van der Waals surface area contributed by atoms with Gasteiger partial charge in [-0.05, 0) is 50.6 Å². The molecule has 1 aromatic rings. The first-order valence-corrected chi connectivity index (χ1v) is 7.17. The van der Waals surface area contributed by atoms with E-state index in [1.54, 1.807) is 0 Å². The van der Waals surface area contributed by atoms with Crippen molar-refractivity contribution >= 4 is 0 Å². The highest BCUT2D eigenvalue weighted by Gasteiger charge is 2.21. The van der Waals surface area contributed by atoms with E-state index in [4.69, 9.17) is 9.47 Å². The molecule has 0 bridgehead atoms. The van der Waals surface area contributed by atoms with Gasteiger partial charge in [0.05, 0.1) is 0 Å². The zero-order chi connectivity index (χ0) is 13.1. The second-order valence-corrected chi connectivity index (χ2v) is 5.27. The van der Waals surface area contributed by atoms with Gasteiger partial charge in [-0.3, -0.25) is 0 Å². The molecule has 1 aromatic carbocycles. The van der Waals surface area contributed by atoms with Crippen molar-refractivity contribution in [2.75, 3.05) is 26.8 Å². The van der Waals surface area contributed by atoms with Crippen LogP contribution in [0.3, 0.4) is 0 Å². The van der Waals surface area contributed by atoms with E-state index < -0.39 is 0 Å². The molecular weight excluding hydrogens is 240 g/mol. The van der Waals surface area contributed by atoms with Crippen LogP contribution in [0.2, 0.25) is 0 Å². The topological polar surface area (TPSA) is 42.5 Å². The molecule has 3 rings (SSSR count). The van der Waals surface area contributed by atoms with Gasteiger partial charge in [0.25, 0.3) is 0 Å². The van der Waals surface area contributed by atoms with Gasteiger partial charge in [0.2, 0.25) is 0 Å². The molecule has 2 aliphatic heterocycles. The molecule has 2 heterocycles. The summed E-state index contributed by atoms with van der Waals surface area (Å²) in [7, 11) is 2.02. The lowest BCUT2D eigenvalue weighted by molar-refractivity contribution is 0.171. The number of fused-ring (bicyclic) bond motifs is 1. The molecule has 0 saturated carbocycles. The molecule has 2 N–H and O–H groups in total. The number of rotatable bonds is 4. The normalized spacial score (nSPS) is 23.3. The van der Waals surface area contributed by atoms with Crippen molar-refractivity contribution in [1.29, 1.82) is 0 Å². The average molecular weight is 262 g/mol. The quantitative estimate of drug-likeness (QED) is 0.869. The van der Waals surface area contributed by atoms with Gasteiger partial charge in [-0.2, -0.15) is 0 Å². The SMILES string of the molecule is CNC(CC1CCCN1)c1ccc2c(c1)OCCO2. The fraction of sp³-hybridized carbons (Fsp3) is 0.600. The molecule has 0 radical (unpaired) electrons. The maximum absolute atomic E-state index is 5.66. The first kappa shape index (κ1) is 12.8. The molecule has 104 valence electrons. The molecule has 0 spiro atoms. The molecule has 4 heteroatoms. The van der Waals surface area contributed by atoms with Gasteiger partial charge >= 0.3 is 0 Å². The van der Waals surface area contributed by atoms with Gasteiger partial charge in [-0.1, -0.05) is 6.07 Å². The monoisotopic (exact) mass is 262 g/mol. The Morgan fingerprint density at radius 2 is 2.16 bits per heavy atom. The zero-order valence-electron chi connectivity index (χ0n) is 11.4. The second-order valence-electron chi connectivity index (χ2n) is 5.27. The van der Waals surface area contributed by atoms with Crippen LogP contribution in [0.4, 0.5) is 0 Å². The number of hydrogen-bond acceptors (Lipinski definition) is 4. The molecule has 19 heavy (non-hydrogen) atoms. The summed E-state index contributed by atoms with van der Waals surface area (Å²) in [5.74, 6) is 1.74. The van der Waals surface area contributed by atoms with Gasteiger partial charge in [0, 0.05) is 12.1 Å². The third-order valence-corrected chi connectivity index (χ3v) is 4.00. The molecular formula is C15H22N2O2. The zero-order valence-corrected chi connectivity index (χ0v) is 11.4. The lowest BCUT2D eigenvalue weighted by Gasteiger charge is -2.24. The standard InChI is InChI=1S/C15H22N2O2/c1-16-13(10-12-3-2-6-17-12)11-4-5-14-15(9-11)19-8-7-18-14/h4-5,9,12-13,16-17H,2-3,6-8,10H2,1H3. The summed E-state index contributed by atoms with van der Waals surface area (Å²) >= 11 is 0. The van der Waals surface area contributed by atoms with E-state index in [0.29, 0.717) is 25.3 Å². The Bertz CT molecular complexity index is 430. The predicted octanol–water partition coefficient (Wildman–Crippen LogP) is 1.86. The van der Waals surface area contributed by atoms with Crippen molar-refractivity contribution in [3.63, 3.8) is 0 Å². The summed E-state index contributed by atoms with van der Waals surface area (Å²) in [5.41, 5.74) is 1.28. The van der Waals surface area contributed by atoms with Crippen molar-refractivity contribution in [2.45, 2.75) is 31.3 Å². The molecule has 4 nitrogen and oxygen atoms in total. The van der Waals surface area contributed by atoms with Crippen LogP contribution in [0.1, 0.15) is 30.9 Å². The highest BCUT2D eigenvalue weighted by Crippen LogP contribution is 2.33. The van der Waals surface area contributed by atoms with Crippen LogP contribution in [0, 0.1) is 0 Å². The van der Waals surface area contributed by atoms with Crippen molar-refractivity contribution in [3.8, 4) is 11.5 Å². The summed E-state index contributed by atoms with van der Waals surface area (Å²) in [6, 6.07) is 7.28. The van der Waals surface area contributed by atoms with E-state index in [9.17, 15) is 0 Å². The van der Waals surface area contributed by atoms with Crippen molar-refractivity contribution in [1.82, 2.24) is 10.6 Å². The maximum atomic E-state index is 5.66. The Kier molecular flexibility index (Phi) is 3.89. The van der Waals surface area contributed by atoms with Crippen LogP contribution in [0.5, 0.6) is 11.5 Å². The number of hydrogen-bond donors (Lipinski definition) is 2. The maximum Gasteiger partial charge on any atom is 0.161 e. The summed E-state index contributed by atoms with van der Waals surface area (Å²) in [6.07, 6.45) is 3.70. The Balaban J connectivity index is 1.74. The summed E-state index contributed by atoms with van der Waals surface area (Å²) in [5, 5.41) is 6.97. The Morgan fingerprint density at radius 1 is 1.32 bits per heavy atom. The largest absolute Gasteiger partial charge is 0.486 e. The second kappa shape index (κ2) is 5.80. The molecule has 0 amide bonds. The lowest BCUT2D eigenvalue weighted by Crippen LogP contribution is -2.28. The van der Waals surface area contributed by atoms with E-state index >= 15 is 0 Å². The minimum absolute atomic E-state index is 0.367. The molecule has 1 fully saturated rings. The highest BCUT2D eigenvalue weighted by molar-refractivity contribution is 5.44. The van der Waals surface area contributed by atoms with Crippen molar-refractivity contribution in [2.24, 2.45) is 0 Å². The van der Waals surface area contributed by atoms with Gasteiger partial charge in [-0.25, -0.2) is 0 Å². The van der Waals surface area contributed by atoms with Crippen LogP contribution < -0.4 is 20.1 Å². The van der Waals surface area contributed by atoms with Gasteiger partial charge in [0.1, 0.15) is 13.2 Å². The Labute approximate surface area is 114 Å². The third-order valence-electron chi connectivity index (χ3n) is 4.00. The predicted molar refractivity (Wildman–Crippen MR) is 74.9 cm³/mol. The number of nitrogens with one attached hydrogen (secondary N) is 2. The molecule has 1 saturated heterocycles. The van der Waals surface area contributed by atoms with E-state index in [0.717, 1.165) is 24.5 Å². The fourth-order valence-corrected chi connectivity index (χ4v) is 2.94. The lowest BCUT2D eigenvalue weighted by atomic mass is 9.98. The Morgan fingerprint density at radius 3 is 2.89 bits per heavy atom. The van der Waals surface area contributed by atoms with Crippen molar-refractivity contribution in [3.05, 3.63) is 23.8 Å². The van der Waals surface area contributed by atoms with Crippen LogP contribution >= 0.6 is 0 Å². The average Bonchev–Trinajstić information content (AvgIpc) is 2.97. The molecule has 2 aliphatic rings. The van der Waals surface area contributed by atoms with Crippen LogP contribution in [-0.4, -0.2) is 32.8 Å². The highest BCUT2D eigenvalue weighted by atomic mass is 16.6. The van der Waals surface area contributed by atoms with Crippen molar-refractivity contribution < 1.29 is 9.47 Å². The molecule has 0 aromatic heterocycles. The van der Waals surface area contributed by atoms with Gasteiger partial charge < -0.3 is 20.1 Å². The number of benzene rings is 1. The van der Waals surface area contributed by atoms with E-state index in [2.05, 4.69) is 22.8 Å². The minimum atomic E-state index is 0.367. The fourth-order valence-electron chi connectivity index (χ4n) is 2.94. The van der Waals surface area contributed by atoms with Crippen LogP contribution in [0.25, 0.3) is 0 Å².